The lowest BCUT2D eigenvalue weighted by atomic mass is 10.0. The van der Waals surface area contributed by atoms with Crippen molar-refractivity contribution >= 4 is 19.8 Å². The van der Waals surface area contributed by atoms with Gasteiger partial charge in [-0.05, 0) is 57.8 Å². The Hall–Kier alpha value is -1.47. The van der Waals surface area contributed by atoms with E-state index in [0.717, 1.165) is 44.9 Å². The Morgan fingerprint density at radius 3 is 1.25 bits per heavy atom. The van der Waals surface area contributed by atoms with Gasteiger partial charge in [0.2, 0.25) is 0 Å². The minimum absolute atomic E-state index is 0.165. The Bertz CT molecular complexity index is 915. The number of hydrogen-bond acceptors (Lipinski definition) is 6. The Morgan fingerprint density at radius 2 is 0.811 bits per heavy atom. The topological polar surface area (TPSA) is 119 Å². The molecule has 0 spiro atoms. The van der Waals surface area contributed by atoms with E-state index in [4.69, 9.17) is 19.3 Å². The molecule has 0 radical (unpaired) electrons. The van der Waals surface area contributed by atoms with Crippen molar-refractivity contribution in [3.05, 3.63) is 24.3 Å². The Balaban J connectivity index is 3.85. The highest BCUT2D eigenvalue weighted by Gasteiger charge is 2.22. The zero-order valence-electron chi connectivity index (χ0n) is 34.4. The highest BCUT2D eigenvalue weighted by Crippen LogP contribution is 2.36. The minimum Gasteiger partial charge on any atom is -0.462 e. The van der Waals surface area contributed by atoms with Gasteiger partial charge in [0.15, 0.2) is 6.10 Å². The van der Waals surface area contributed by atoms with Crippen LogP contribution >= 0.6 is 7.82 Å². The number of hydrogen-bond donors (Lipinski definition) is 2. The zero-order valence-corrected chi connectivity index (χ0v) is 35.3. The van der Waals surface area contributed by atoms with Crippen molar-refractivity contribution < 1.29 is 37.9 Å². The first-order valence-electron chi connectivity index (χ1n) is 22.1. The van der Waals surface area contributed by atoms with Crippen LogP contribution in [0.4, 0.5) is 0 Å². The van der Waals surface area contributed by atoms with Crippen LogP contribution in [0.5, 0.6) is 0 Å². The molecule has 0 aromatic heterocycles. The first-order chi connectivity index (χ1) is 25.8. The summed E-state index contributed by atoms with van der Waals surface area (Å²) in [6.45, 7) is 3.65. The first-order valence-corrected chi connectivity index (χ1v) is 23.7. The lowest BCUT2D eigenvalue weighted by Crippen LogP contribution is -2.29. The summed E-state index contributed by atoms with van der Waals surface area (Å²) in [5.41, 5.74) is 0. The molecule has 1 atom stereocenters. The van der Waals surface area contributed by atoms with E-state index in [0.29, 0.717) is 12.8 Å². The van der Waals surface area contributed by atoms with Gasteiger partial charge in [0, 0.05) is 12.8 Å². The molecule has 0 amide bonds. The van der Waals surface area contributed by atoms with Gasteiger partial charge in [-0.3, -0.25) is 14.1 Å². The number of esters is 2. The molecule has 2 N–H and O–H groups in total. The van der Waals surface area contributed by atoms with Crippen molar-refractivity contribution in [2.45, 2.75) is 232 Å². The number of rotatable bonds is 41. The van der Waals surface area contributed by atoms with Crippen molar-refractivity contribution in [2.75, 3.05) is 13.2 Å². The van der Waals surface area contributed by atoms with Gasteiger partial charge in [-0.1, -0.05) is 179 Å². The van der Waals surface area contributed by atoms with Gasteiger partial charge in [0.25, 0.3) is 0 Å². The third kappa shape index (κ3) is 43.1. The molecule has 0 fully saturated rings. The monoisotopic (exact) mass is 771 g/mol. The SMILES string of the molecule is CCCCC/C=C/CCCCCCCC(=O)OC[C@H](COP(=O)(O)O)OC(=O)CCC/C=C/CCCCCCCCCCCCCCCCCCCC. The summed E-state index contributed by atoms with van der Waals surface area (Å²) in [6.07, 6.45) is 46.4. The maximum atomic E-state index is 12.4. The molecule has 53 heavy (non-hydrogen) atoms. The minimum atomic E-state index is -4.76. The summed E-state index contributed by atoms with van der Waals surface area (Å²) >= 11 is 0. The molecule has 0 rings (SSSR count). The molecule has 0 aromatic carbocycles. The molecule has 0 saturated heterocycles. The summed E-state index contributed by atoms with van der Waals surface area (Å²) in [5, 5.41) is 0. The zero-order chi connectivity index (χ0) is 38.9. The predicted octanol–water partition coefficient (Wildman–Crippen LogP) is 13.6. The largest absolute Gasteiger partial charge is 0.469 e. The van der Waals surface area contributed by atoms with Gasteiger partial charge in [0.1, 0.15) is 6.61 Å². The number of phosphoric ester groups is 1. The standard InChI is InChI=1S/C44H83O8P/c1-3-5-7-9-11-13-15-17-18-19-20-21-22-23-24-25-26-27-29-31-33-35-37-39-44(46)52-42(41-51-53(47,48)49)40-50-43(45)38-36-34-32-30-28-16-14-12-10-8-6-4-2/h12,14,31,33,42H,3-11,13,15-30,32,34-41H2,1-2H3,(H2,47,48,49)/b14-12+,33-31+/t42-/m1/s1. The molecule has 0 heterocycles. The molecule has 8 nitrogen and oxygen atoms in total. The van der Waals surface area contributed by atoms with E-state index in [1.165, 1.54) is 141 Å². The van der Waals surface area contributed by atoms with Gasteiger partial charge >= 0.3 is 19.8 Å². The molecular formula is C44H83O8P. The highest BCUT2D eigenvalue weighted by atomic mass is 31.2. The van der Waals surface area contributed by atoms with E-state index in [1.807, 2.05) is 0 Å². The van der Waals surface area contributed by atoms with E-state index in [9.17, 15) is 14.2 Å². The van der Waals surface area contributed by atoms with Crippen LogP contribution in [0.25, 0.3) is 0 Å². The number of phosphoric acid groups is 1. The van der Waals surface area contributed by atoms with Gasteiger partial charge < -0.3 is 19.3 Å². The average molecular weight is 771 g/mol. The van der Waals surface area contributed by atoms with Crippen LogP contribution in [-0.2, 0) is 28.2 Å². The van der Waals surface area contributed by atoms with Crippen LogP contribution in [0.2, 0.25) is 0 Å². The molecule has 0 unspecified atom stereocenters. The van der Waals surface area contributed by atoms with E-state index >= 15 is 0 Å². The van der Waals surface area contributed by atoms with Crippen LogP contribution in [0.1, 0.15) is 226 Å². The fourth-order valence-corrected chi connectivity index (χ4v) is 6.73. The molecule has 0 aliphatic rings. The number of ether oxygens (including phenoxy) is 2. The third-order valence-corrected chi connectivity index (χ3v) is 10.2. The molecule has 0 aromatic rings. The second kappa shape index (κ2) is 40.2. The molecule has 312 valence electrons. The highest BCUT2D eigenvalue weighted by molar-refractivity contribution is 7.46. The summed E-state index contributed by atoms with van der Waals surface area (Å²) < 4.78 is 26.3. The number of carbonyl (C=O) groups is 2. The Labute approximate surface area is 326 Å². The van der Waals surface area contributed by atoms with Crippen molar-refractivity contribution in [1.82, 2.24) is 0 Å². The van der Waals surface area contributed by atoms with Crippen LogP contribution in [-0.4, -0.2) is 41.0 Å². The second-order valence-electron chi connectivity index (χ2n) is 15.0. The number of carbonyl (C=O) groups excluding carboxylic acids is 2. The summed E-state index contributed by atoms with van der Waals surface area (Å²) in [7, 11) is -4.76. The quantitative estimate of drug-likeness (QED) is 0.0273. The smallest absolute Gasteiger partial charge is 0.462 e. The predicted molar refractivity (Wildman–Crippen MR) is 221 cm³/mol. The van der Waals surface area contributed by atoms with Gasteiger partial charge in [-0.15, -0.1) is 0 Å². The van der Waals surface area contributed by atoms with Crippen molar-refractivity contribution in [1.29, 1.82) is 0 Å². The lowest BCUT2D eigenvalue weighted by molar-refractivity contribution is -0.161. The number of allylic oxidation sites excluding steroid dienone is 4. The molecule has 0 saturated carbocycles. The normalized spacial score (nSPS) is 12.6. The fraction of sp³-hybridized carbons (Fsp3) is 0.864. The summed E-state index contributed by atoms with van der Waals surface area (Å²) in [5.74, 6) is -0.926. The van der Waals surface area contributed by atoms with Crippen molar-refractivity contribution in [2.24, 2.45) is 0 Å². The van der Waals surface area contributed by atoms with Gasteiger partial charge in [0.05, 0.1) is 6.61 Å². The summed E-state index contributed by atoms with van der Waals surface area (Å²) in [6, 6.07) is 0. The van der Waals surface area contributed by atoms with E-state index in [2.05, 4.69) is 42.7 Å². The van der Waals surface area contributed by atoms with Crippen LogP contribution < -0.4 is 0 Å². The van der Waals surface area contributed by atoms with Crippen molar-refractivity contribution in [3.8, 4) is 0 Å². The first kappa shape index (κ1) is 51.5. The Morgan fingerprint density at radius 1 is 0.472 bits per heavy atom. The van der Waals surface area contributed by atoms with E-state index in [1.54, 1.807) is 0 Å². The number of unbranched alkanes of at least 4 members (excludes halogenated alkanes) is 27. The van der Waals surface area contributed by atoms with Crippen molar-refractivity contribution in [3.63, 3.8) is 0 Å². The Kier molecular flexibility index (Phi) is 39.1. The van der Waals surface area contributed by atoms with E-state index in [-0.39, 0.29) is 19.4 Å². The fourth-order valence-electron chi connectivity index (χ4n) is 6.37. The van der Waals surface area contributed by atoms with Crippen LogP contribution in [0, 0.1) is 0 Å². The van der Waals surface area contributed by atoms with Gasteiger partial charge in [-0.2, -0.15) is 0 Å². The molecule has 9 heteroatoms. The second-order valence-corrected chi connectivity index (χ2v) is 16.3. The molecular weight excluding hydrogens is 687 g/mol. The molecule has 0 aliphatic heterocycles. The molecule has 0 aliphatic carbocycles. The maximum absolute atomic E-state index is 12.4. The van der Waals surface area contributed by atoms with E-state index < -0.39 is 32.5 Å². The van der Waals surface area contributed by atoms with Crippen LogP contribution in [0.3, 0.4) is 0 Å². The average Bonchev–Trinajstić information content (AvgIpc) is 3.13. The van der Waals surface area contributed by atoms with Gasteiger partial charge in [-0.25, -0.2) is 4.57 Å². The third-order valence-electron chi connectivity index (χ3n) is 9.69. The van der Waals surface area contributed by atoms with Crippen LogP contribution in [0.15, 0.2) is 24.3 Å². The molecule has 0 bridgehead atoms. The maximum Gasteiger partial charge on any atom is 0.469 e. The summed E-state index contributed by atoms with van der Waals surface area (Å²) in [4.78, 5) is 42.8. The lowest BCUT2D eigenvalue weighted by Gasteiger charge is -2.18.